The lowest BCUT2D eigenvalue weighted by molar-refractivity contribution is 0.483. The Bertz CT molecular complexity index is 669. The van der Waals surface area contributed by atoms with Gasteiger partial charge in [0.15, 0.2) is 0 Å². The van der Waals surface area contributed by atoms with Crippen LogP contribution in [0.2, 0.25) is 0 Å². The SMILES string of the molecule is CCCCCCCC(C)Cc1ccc(SSc2ccc(CC(C)CCCCCCC)cc2)cc1. The second kappa shape index (κ2) is 18.4. The fourth-order valence-corrected chi connectivity index (χ4v) is 6.59. The molecular formula is C32H50S2. The number of hydrogen-bond acceptors (Lipinski definition) is 2. The van der Waals surface area contributed by atoms with Gasteiger partial charge in [0.1, 0.15) is 0 Å². The van der Waals surface area contributed by atoms with Gasteiger partial charge in [-0.15, -0.1) is 0 Å². The van der Waals surface area contributed by atoms with E-state index in [-0.39, 0.29) is 0 Å². The molecule has 0 nitrogen and oxygen atoms in total. The van der Waals surface area contributed by atoms with Crippen molar-refractivity contribution in [1.29, 1.82) is 0 Å². The van der Waals surface area contributed by atoms with Gasteiger partial charge in [-0.3, -0.25) is 0 Å². The zero-order valence-electron chi connectivity index (χ0n) is 22.5. The third kappa shape index (κ3) is 13.3. The molecule has 0 aliphatic rings. The fourth-order valence-electron chi connectivity index (χ4n) is 4.66. The number of benzene rings is 2. The summed E-state index contributed by atoms with van der Waals surface area (Å²) < 4.78 is 0. The number of hydrogen-bond donors (Lipinski definition) is 0. The first-order chi connectivity index (χ1) is 16.6. The molecule has 2 aromatic rings. The summed E-state index contributed by atoms with van der Waals surface area (Å²) in [5.41, 5.74) is 2.97. The second-order valence-electron chi connectivity index (χ2n) is 10.5. The Kier molecular flexibility index (Phi) is 15.9. The minimum atomic E-state index is 0.789. The highest BCUT2D eigenvalue weighted by Crippen LogP contribution is 2.37. The van der Waals surface area contributed by atoms with E-state index in [2.05, 4.69) is 76.2 Å². The van der Waals surface area contributed by atoms with Crippen molar-refractivity contribution in [3.05, 3.63) is 59.7 Å². The zero-order valence-corrected chi connectivity index (χ0v) is 24.1. The van der Waals surface area contributed by atoms with E-state index in [9.17, 15) is 0 Å². The summed E-state index contributed by atoms with van der Waals surface area (Å²) in [6, 6.07) is 18.6. The van der Waals surface area contributed by atoms with E-state index >= 15 is 0 Å². The smallest absolute Gasteiger partial charge is 0.0186 e. The summed E-state index contributed by atoms with van der Waals surface area (Å²) in [4.78, 5) is 2.70. The van der Waals surface area contributed by atoms with Crippen LogP contribution in [0.15, 0.2) is 58.3 Å². The molecule has 2 aromatic carbocycles. The Hall–Kier alpha value is -0.860. The summed E-state index contributed by atoms with van der Waals surface area (Å²) in [7, 11) is 3.75. The van der Waals surface area contributed by atoms with Crippen LogP contribution in [-0.2, 0) is 12.8 Å². The van der Waals surface area contributed by atoms with Crippen LogP contribution < -0.4 is 0 Å². The van der Waals surface area contributed by atoms with Gasteiger partial charge >= 0.3 is 0 Å². The van der Waals surface area contributed by atoms with E-state index in [0.717, 1.165) is 11.8 Å². The van der Waals surface area contributed by atoms with Crippen LogP contribution >= 0.6 is 21.6 Å². The first-order valence-corrected chi connectivity index (χ1v) is 16.3. The average molecular weight is 499 g/mol. The molecule has 0 aliphatic heterocycles. The van der Waals surface area contributed by atoms with Crippen LogP contribution in [0, 0.1) is 11.8 Å². The van der Waals surface area contributed by atoms with Gasteiger partial charge in [-0.2, -0.15) is 0 Å². The maximum Gasteiger partial charge on any atom is 0.0186 e. The Labute approximate surface area is 219 Å². The molecule has 0 radical (unpaired) electrons. The van der Waals surface area contributed by atoms with Crippen molar-refractivity contribution in [2.75, 3.05) is 0 Å². The highest BCUT2D eigenvalue weighted by molar-refractivity contribution is 8.76. The number of unbranched alkanes of at least 4 members (excludes halogenated alkanes) is 8. The highest BCUT2D eigenvalue weighted by Gasteiger charge is 2.06. The maximum absolute atomic E-state index is 2.41. The third-order valence-corrected chi connectivity index (χ3v) is 9.27. The zero-order chi connectivity index (χ0) is 24.4. The Balaban J connectivity index is 1.66. The van der Waals surface area contributed by atoms with Crippen molar-refractivity contribution in [3.63, 3.8) is 0 Å². The van der Waals surface area contributed by atoms with Crippen LogP contribution in [0.1, 0.15) is 116 Å². The minimum absolute atomic E-state index is 0.789. The quantitative estimate of drug-likeness (QED) is 0.139. The van der Waals surface area contributed by atoms with Crippen molar-refractivity contribution < 1.29 is 0 Å². The van der Waals surface area contributed by atoms with E-state index in [1.54, 1.807) is 0 Å². The van der Waals surface area contributed by atoms with Gasteiger partial charge in [-0.1, -0.05) is 151 Å². The normalized spacial score (nSPS) is 13.2. The van der Waals surface area contributed by atoms with Crippen molar-refractivity contribution in [1.82, 2.24) is 0 Å². The molecule has 2 rings (SSSR count). The molecule has 2 heteroatoms. The van der Waals surface area contributed by atoms with Crippen LogP contribution in [0.25, 0.3) is 0 Å². The predicted molar refractivity (Wildman–Crippen MR) is 157 cm³/mol. The highest BCUT2D eigenvalue weighted by atomic mass is 33.1. The van der Waals surface area contributed by atoms with Gasteiger partial charge in [0.2, 0.25) is 0 Å². The van der Waals surface area contributed by atoms with E-state index in [0.29, 0.717) is 0 Å². The molecule has 0 saturated heterocycles. The molecule has 190 valence electrons. The molecule has 0 heterocycles. The molecule has 0 aliphatic carbocycles. The van der Waals surface area contributed by atoms with Gasteiger partial charge in [-0.25, -0.2) is 0 Å². The largest absolute Gasteiger partial charge is 0.0654 e. The molecule has 0 spiro atoms. The molecule has 2 unspecified atom stereocenters. The Morgan fingerprint density at radius 2 is 0.853 bits per heavy atom. The van der Waals surface area contributed by atoms with Crippen molar-refractivity contribution >= 4 is 21.6 Å². The van der Waals surface area contributed by atoms with Crippen LogP contribution in [0.5, 0.6) is 0 Å². The lowest BCUT2D eigenvalue weighted by atomic mass is 9.95. The monoisotopic (exact) mass is 498 g/mol. The minimum Gasteiger partial charge on any atom is -0.0654 e. The van der Waals surface area contributed by atoms with Crippen molar-refractivity contribution in [3.8, 4) is 0 Å². The lowest BCUT2D eigenvalue weighted by Crippen LogP contribution is -2.00. The molecule has 0 N–H and O–H groups in total. The van der Waals surface area contributed by atoms with Gasteiger partial charge in [0.05, 0.1) is 0 Å². The summed E-state index contributed by atoms with van der Waals surface area (Å²) in [5.74, 6) is 1.58. The first kappa shape index (κ1) is 29.4. The van der Waals surface area contributed by atoms with Crippen molar-refractivity contribution in [2.24, 2.45) is 11.8 Å². The molecule has 0 bridgehead atoms. The standard InChI is InChI=1S/C32H50S2/c1-5-7-9-11-13-15-27(3)25-29-17-21-31(22-18-29)33-34-32-23-19-30(20-24-32)26-28(4)16-14-12-10-8-6-2/h17-24,27-28H,5-16,25-26H2,1-4H3. The first-order valence-electron chi connectivity index (χ1n) is 14.1. The van der Waals surface area contributed by atoms with E-state index < -0.39 is 0 Å². The molecule has 0 fully saturated rings. The summed E-state index contributed by atoms with van der Waals surface area (Å²) >= 11 is 0. The maximum atomic E-state index is 2.41. The number of rotatable bonds is 19. The molecular weight excluding hydrogens is 448 g/mol. The van der Waals surface area contributed by atoms with Crippen LogP contribution in [0.3, 0.4) is 0 Å². The Morgan fingerprint density at radius 3 is 1.21 bits per heavy atom. The molecule has 0 saturated carbocycles. The van der Waals surface area contributed by atoms with Gasteiger partial charge in [-0.05, 0) is 60.1 Å². The third-order valence-electron chi connectivity index (χ3n) is 6.85. The van der Waals surface area contributed by atoms with Crippen LogP contribution in [-0.4, -0.2) is 0 Å². The molecule has 0 amide bonds. The van der Waals surface area contributed by atoms with Gasteiger partial charge < -0.3 is 0 Å². The second-order valence-corrected chi connectivity index (χ2v) is 12.8. The summed E-state index contributed by atoms with van der Waals surface area (Å²) in [6.45, 7) is 9.40. The van der Waals surface area contributed by atoms with Gasteiger partial charge in [0.25, 0.3) is 0 Å². The molecule has 34 heavy (non-hydrogen) atoms. The summed E-state index contributed by atoms with van der Waals surface area (Å²) in [6.07, 6.45) is 19.0. The summed E-state index contributed by atoms with van der Waals surface area (Å²) in [5, 5.41) is 0. The molecule has 2 atom stereocenters. The molecule has 0 aromatic heterocycles. The van der Waals surface area contributed by atoms with E-state index in [1.807, 2.05) is 21.6 Å². The topological polar surface area (TPSA) is 0 Å². The Morgan fingerprint density at radius 1 is 0.500 bits per heavy atom. The predicted octanol–water partition coefficient (Wildman–Crippen LogP) is 11.6. The van der Waals surface area contributed by atoms with E-state index in [1.165, 1.54) is 111 Å². The van der Waals surface area contributed by atoms with Crippen molar-refractivity contribution in [2.45, 2.75) is 127 Å². The van der Waals surface area contributed by atoms with Crippen LogP contribution in [0.4, 0.5) is 0 Å². The lowest BCUT2D eigenvalue weighted by Gasteiger charge is -2.12. The van der Waals surface area contributed by atoms with E-state index in [4.69, 9.17) is 0 Å². The fraction of sp³-hybridized carbons (Fsp3) is 0.625. The van der Waals surface area contributed by atoms with Gasteiger partial charge in [0, 0.05) is 9.79 Å². The average Bonchev–Trinajstić information content (AvgIpc) is 2.84.